The number of aliphatic hydroxyl groups is 2. The van der Waals surface area contributed by atoms with E-state index in [4.69, 9.17) is 12.3 Å². The Kier molecular flexibility index (Phi) is 9.59. The van der Waals surface area contributed by atoms with Gasteiger partial charge < -0.3 is 25.1 Å². The van der Waals surface area contributed by atoms with Crippen molar-refractivity contribution in [2.24, 2.45) is 17.6 Å². The van der Waals surface area contributed by atoms with E-state index in [0.29, 0.717) is 29.9 Å². The third-order valence-corrected chi connectivity index (χ3v) is 6.21. The van der Waals surface area contributed by atoms with Gasteiger partial charge in [0, 0.05) is 19.6 Å². The highest BCUT2D eigenvalue weighted by atomic mass is 16.3. The fourth-order valence-corrected chi connectivity index (χ4v) is 4.10. The van der Waals surface area contributed by atoms with E-state index in [2.05, 4.69) is 47.1 Å². The third kappa shape index (κ3) is 6.49. The summed E-state index contributed by atoms with van der Waals surface area (Å²) >= 11 is 0. The van der Waals surface area contributed by atoms with E-state index in [1.807, 2.05) is 28.8 Å². The predicted molar refractivity (Wildman–Crippen MR) is 144 cm³/mol. The van der Waals surface area contributed by atoms with E-state index < -0.39 is 0 Å². The lowest BCUT2D eigenvalue weighted by atomic mass is 10.1. The summed E-state index contributed by atoms with van der Waals surface area (Å²) in [4.78, 5) is 12.3. The minimum Gasteiger partial charge on any atom is -0.388 e. The molecule has 2 aromatic heterocycles. The lowest BCUT2D eigenvalue weighted by molar-refractivity contribution is 0.264. The second kappa shape index (κ2) is 12.6. The van der Waals surface area contributed by atoms with Crippen LogP contribution in [-0.4, -0.2) is 29.3 Å². The molecule has 0 amide bonds. The molecule has 0 atom stereocenters. The number of fused-ring (bicyclic) bond motifs is 2. The summed E-state index contributed by atoms with van der Waals surface area (Å²) in [6.07, 6.45) is 2.13. The van der Waals surface area contributed by atoms with E-state index in [0.717, 1.165) is 59.4 Å². The first-order chi connectivity index (χ1) is 17.3. The Morgan fingerprint density at radius 1 is 0.833 bits per heavy atom. The van der Waals surface area contributed by atoms with Crippen molar-refractivity contribution >= 4 is 27.8 Å². The maximum absolute atomic E-state index is 9.40. The Morgan fingerprint density at radius 2 is 1.33 bits per heavy atom. The smallest absolute Gasteiger partial charge is 0.189 e. The molecule has 8 nitrogen and oxygen atoms in total. The quantitative estimate of drug-likeness (QED) is 0.281. The molecular formula is C28H38N6O2. The molecule has 0 spiro atoms. The van der Waals surface area contributed by atoms with Gasteiger partial charge in [-0.25, -0.2) is 14.8 Å². The van der Waals surface area contributed by atoms with Crippen molar-refractivity contribution in [1.29, 1.82) is 0 Å². The molecule has 4 N–H and O–H groups in total. The first-order valence-corrected chi connectivity index (χ1v) is 12.6. The Balaban J connectivity index is 0.000000201. The normalized spacial score (nSPS) is 11.3. The van der Waals surface area contributed by atoms with Crippen molar-refractivity contribution in [1.82, 2.24) is 19.1 Å². The van der Waals surface area contributed by atoms with Crippen molar-refractivity contribution < 1.29 is 10.2 Å². The highest BCUT2D eigenvalue weighted by Gasteiger charge is 2.12. The molecular weight excluding hydrogens is 452 g/mol. The number of aliphatic hydroxyl groups excluding tert-OH is 2. The molecule has 2 aromatic carbocycles. The van der Waals surface area contributed by atoms with Gasteiger partial charge in [0.2, 0.25) is 0 Å². The summed E-state index contributed by atoms with van der Waals surface area (Å²) in [6.45, 7) is 17.9. The molecule has 0 aliphatic carbocycles. The van der Waals surface area contributed by atoms with Crippen LogP contribution in [0, 0.1) is 18.4 Å². The summed E-state index contributed by atoms with van der Waals surface area (Å²) in [5.74, 6) is 2.65. The van der Waals surface area contributed by atoms with Crippen LogP contribution in [0.2, 0.25) is 0 Å². The monoisotopic (exact) mass is 490 g/mol. The van der Waals surface area contributed by atoms with Gasteiger partial charge in [0.05, 0.1) is 28.6 Å². The summed E-state index contributed by atoms with van der Waals surface area (Å²) in [7, 11) is 0. The largest absolute Gasteiger partial charge is 0.388 e. The van der Waals surface area contributed by atoms with Crippen LogP contribution in [0.4, 0.5) is 5.69 Å². The van der Waals surface area contributed by atoms with Crippen LogP contribution in [0.3, 0.4) is 0 Å². The zero-order valence-corrected chi connectivity index (χ0v) is 21.8. The van der Waals surface area contributed by atoms with Gasteiger partial charge in [-0.2, -0.15) is 0 Å². The molecule has 0 fully saturated rings. The number of benzene rings is 2. The van der Waals surface area contributed by atoms with E-state index in [1.54, 1.807) is 12.1 Å². The highest BCUT2D eigenvalue weighted by Crippen LogP contribution is 2.23. The zero-order chi connectivity index (χ0) is 26.2. The lowest BCUT2D eigenvalue weighted by Gasteiger charge is -2.09. The number of rotatable bonds is 9. The molecule has 0 radical (unpaired) electrons. The van der Waals surface area contributed by atoms with Gasteiger partial charge in [-0.3, -0.25) is 0 Å². The Hall–Kier alpha value is -3.25. The topological polar surface area (TPSA) is 106 Å². The number of nitrogens with zero attached hydrogens (tertiary/aromatic N) is 5. The molecule has 36 heavy (non-hydrogen) atoms. The highest BCUT2D eigenvalue weighted by molar-refractivity contribution is 5.80. The number of aryl methyl sites for hydroxylation is 2. The maximum Gasteiger partial charge on any atom is 0.189 e. The molecule has 2 heterocycles. The number of imidazole rings is 2. The molecule has 8 heteroatoms. The van der Waals surface area contributed by atoms with Gasteiger partial charge in [0.1, 0.15) is 24.9 Å². The number of aromatic nitrogens is 4. The average molecular weight is 491 g/mol. The minimum absolute atomic E-state index is 0.0231. The van der Waals surface area contributed by atoms with E-state index in [-0.39, 0.29) is 13.2 Å². The van der Waals surface area contributed by atoms with Gasteiger partial charge in [-0.05, 0) is 54.5 Å². The van der Waals surface area contributed by atoms with Crippen molar-refractivity contribution in [2.75, 3.05) is 0 Å². The lowest BCUT2D eigenvalue weighted by Crippen LogP contribution is -2.06. The Bertz CT molecular complexity index is 1330. The summed E-state index contributed by atoms with van der Waals surface area (Å²) < 4.78 is 4.15. The van der Waals surface area contributed by atoms with Gasteiger partial charge >= 0.3 is 0 Å². The molecule has 0 aliphatic heterocycles. The first-order valence-electron chi connectivity index (χ1n) is 12.6. The molecule has 4 aromatic rings. The summed E-state index contributed by atoms with van der Waals surface area (Å²) in [5, 5.41) is 18.8. The van der Waals surface area contributed by atoms with Crippen molar-refractivity contribution in [3.8, 4) is 0 Å². The summed E-state index contributed by atoms with van der Waals surface area (Å²) in [5.41, 5.74) is 11.1. The molecule has 4 rings (SSSR count). The van der Waals surface area contributed by atoms with Crippen molar-refractivity contribution in [3.05, 3.63) is 65.0 Å². The fraction of sp³-hybridized carbons (Fsp3) is 0.464. The molecule has 0 aliphatic rings. The van der Waals surface area contributed by atoms with E-state index in [9.17, 15) is 10.2 Å². The van der Waals surface area contributed by atoms with Crippen molar-refractivity contribution in [3.63, 3.8) is 0 Å². The van der Waals surface area contributed by atoms with Crippen LogP contribution in [0.25, 0.3) is 26.9 Å². The van der Waals surface area contributed by atoms with Gasteiger partial charge in [0.25, 0.3) is 0 Å². The minimum atomic E-state index is -0.0693. The Morgan fingerprint density at radius 3 is 1.78 bits per heavy atom. The van der Waals surface area contributed by atoms with Crippen LogP contribution in [0.1, 0.15) is 57.7 Å². The Labute approximate surface area is 213 Å². The molecule has 0 bridgehead atoms. The molecule has 0 saturated heterocycles. The van der Waals surface area contributed by atoms with E-state index in [1.165, 1.54) is 0 Å². The molecule has 192 valence electrons. The fourth-order valence-electron chi connectivity index (χ4n) is 4.10. The predicted octanol–water partition coefficient (Wildman–Crippen LogP) is 5.16. The van der Waals surface area contributed by atoms with Gasteiger partial charge in [-0.1, -0.05) is 39.8 Å². The number of hydrogen-bond donors (Lipinski definition) is 3. The zero-order valence-electron chi connectivity index (χ0n) is 21.8. The van der Waals surface area contributed by atoms with Crippen LogP contribution < -0.4 is 5.73 Å². The van der Waals surface area contributed by atoms with Crippen LogP contribution in [0.15, 0.2) is 36.4 Å². The van der Waals surface area contributed by atoms with Gasteiger partial charge in [0.15, 0.2) is 5.69 Å². The van der Waals surface area contributed by atoms with Crippen molar-refractivity contribution in [2.45, 2.75) is 73.4 Å². The summed E-state index contributed by atoms with van der Waals surface area (Å²) in [6, 6.07) is 11.5. The van der Waals surface area contributed by atoms with Crippen LogP contribution in [-0.2, 0) is 32.8 Å². The van der Waals surface area contributed by atoms with Crippen LogP contribution >= 0.6 is 0 Å². The third-order valence-electron chi connectivity index (χ3n) is 6.21. The number of hydrogen-bond acceptors (Lipinski definition) is 5. The second-order valence-corrected chi connectivity index (χ2v) is 9.85. The number of nitrogens with two attached hydrogens (primary N) is 1. The molecule has 0 unspecified atom stereocenters. The average Bonchev–Trinajstić information content (AvgIpc) is 3.42. The maximum atomic E-state index is 9.40. The molecule has 0 saturated carbocycles. The SMILES string of the molecule is CC(C)CCn1c(CO)nc2cc(CN)ccc21.[C-]#[N+]c1ccc2c(c1)nc(CO)n2CCC(C)C. The van der Waals surface area contributed by atoms with Gasteiger partial charge in [-0.15, -0.1) is 0 Å². The van der Waals surface area contributed by atoms with E-state index >= 15 is 0 Å². The standard InChI is InChI=1S/C14H17N3O.C14H21N3O/c1-10(2)6-7-17-13-5-4-11(15-3)8-12(13)16-14(17)9-18;1-10(2)5-6-17-13-4-3-11(8-15)7-12(13)16-14(17)9-18/h4-5,8,10,18H,6-7,9H2,1-2H3;3-4,7,10,18H,5-6,8-9,15H2,1-2H3. The second-order valence-electron chi connectivity index (χ2n) is 9.85. The first kappa shape index (κ1) is 27.3. The van der Waals surface area contributed by atoms with Crippen LogP contribution in [0.5, 0.6) is 0 Å².